The topological polar surface area (TPSA) is 21.3 Å². The van der Waals surface area contributed by atoms with E-state index in [0.717, 1.165) is 18.0 Å². The van der Waals surface area contributed by atoms with Gasteiger partial charge in [-0.15, -0.1) is 0 Å². The van der Waals surface area contributed by atoms with Crippen molar-refractivity contribution in [2.24, 2.45) is 0 Å². The Morgan fingerprint density at radius 2 is 1.67 bits per heavy atom. The number of methoxy groups -OCH3 is 1. The van der Waals surface area contributed by atoms with Gasteiger partial charge < -0.3 is 10.1 Å². The van der Waals surface area contributed by atoms with E-state index in [1.807, 2.05) is 6.07 Å². The maximum atomic E-state index is 5.40. The van der Waals surface area contributed by atoms with Crippen LogP contribution in [0.15, 0.2) is 42.5 Å². The van der Waals surface area contributed by atoms with E-state index in [0.29, 0.717) is 0 Å². The van der Waals surface area contributed by atoms with Crippen molar-refractivity contribution in [3.8, 4) is 5.75 Å². The van der Waals surface area contributed by atoms with Crippen molar-refractivity contribution in [3.05, 3.63) is 53.6 Å². The maximum absolute atomic E-state index is 5.40. The van der Waals surface area contributed by atoms with E-state index in [4.69, 9.17) is 4.74 Å². The fourth-order valence-corrected chi connectivity index (χ4v) is 3.45. The quantitative estimate of drug-likeness (QED) is 0.837. The van der Waals surface area contributed by atoms with Gasteiger partial charge in [0.15, 0.2) is 0 Å². The van der Waals surface area contributed by atoms with E-state index in [1.54, 1.807) is 7.11 Å². The van der Waals surface area contributed by atoms with Crippen LogP contribution in [0.5, 0.6) is 5.75 Å². The highest BCUT2D eigenvalue weighted by Crippen LogP contribution is 2.25. The maximum Gasteiger partial charge on any atom is 0.141 e. The number of hydrogen-bond donors (Lipinski definition) is 1. The summed E-state index contributed by atoms with van der Waals surface area (Å²) in [5, 5.41) is 4.97. The van der Waals surface area contributed by atoms with Crippen molar-refractivity contribution >= 4 is 18.9 Å². The minimum Gasteiger partial charge on any atom is -0.495 e. The Kier molecular flexibility index (Phi) is 4.73. The molecule has 0 bridgehead atoms. The predicted molar refractivity (Wildman–Crippen MR) is 94.5 cm³/mol. The van der Waals surface area contributed by atoms with Crippen molar-refractivity contribution < 1.29 is 4.74 Å². The van der Waals surface area contributed by atoms with Crippen LogP contribution in [-0.4, -0.2) is 15.2 Å². The number of benzene rings is 2. The van der Waals surface area contributed by atoms with Crippen LogP contribution in [0.3, 0.4) is 0 Å². The van der Waals surface area contributed by atoms with Gasteiger partial charge in [0.1, 0.15) is 5.75 Å². The molecule has 3 heteroatoms. The van der Waals surface area contributed by atoms with Crippen LogP contribution in [0, 0.1) is 6.92 Å². The molecule has 0 unspecified atom stereocenters. The van der Waals surface area contributed by atoms with Gasteiger partial charge in [0, 0.05) is 6.54 Å². The molecular formula is C18H25NOSi. The molecular weight excluding hydrogens is 274 g/mol. The normalized spacial score (nSPS) is 11.3. The summed E-state index contributed by atoms with van der Waals surface area (Å²) in [6.07, 6.45) is 0. The van der Waals surface area contributed by atoms with Crippen LogP contribution in [0.1, 0.15) is 11.1 Å². The van der Waals surface area contributed by atoms with E-state index in [2.05, 4.69) is 68.3 Å². The lowest BCUT2D eigenvalue weighted by Gasteiger charge is -2.17. The molecule has 0 radical (unpaired) electrons. The Labute approximate surface area is 129 Å². The largest absolute Gasteiger partial charge is 0.495 e. The average molecular weight is 299 g/mol. The van der Waals surface area contributed by atoms with Gasteiger partial charge in [0.05, 0.1) is 20.9 Å². The molecule has 0 atom stereocenters. The van der Waals surface area contributed by atoms with Gasteiger partial charge in [0.25, 0.3) is 0 Å². The Hall–Kier alpha value is -1.74. The first kappa shape index (κ1) is 15.6. The average Bonchev–Trinajstić information content (AvgIpc) is 2.45. The number of anilines is 1. The third kappa shape index (κ3) is 4.11. The fourth-order valence-electron chi connectivity index (χ4n) is 2.28. The second-order valence-corrected chi connectivity index (χ2v) is 11.6. The van der Waals surface area contributed by atoms with Crippen LogP contribution in [0.4, 0.5) is 5.69 Å². The number of hydrogen-bond acceptors (Lipinski definition) is 2. The van der Waals surface area contributed by atoms with Crippen molar-refractivity contribution in [2.75, 3.05) is 12.4 Å². The molecule has 0 aliphatic heterocycles. The molecule has 0 saturated heterocycles. The predicted octanol–water partition coefficient (Wildman–Crippen LogP) is 4.16. The summed E-state index contributed by atoms with van der Waals surface area (Å²) in [5.74, 6) is 0.888. The van der Waals surface area contributed by atoms with E-state index < -0.39 is 8.07 Å². The first-order valence-corrected chi connectivity index (χ1v) is 10.9. The molecule has 112 valence electrons. The van der Waals surface area contributed by atoms with Gasteiger partial charge >= 0.3 is 0 Å². The lowest BCUT2D eigenvalue weighted by molar-refractivity contribution is 0.416. The molecule has 0 aromatic heterocycles. The molecule has 21 heavy (non-hydrogen) atoms. The summed E-state index contributed by atoms with van der Waals surface area (Å²) < 4.78 is 5.40. The van der Waals surface area contributed by atoms with Gasteiger partial charge in [-0.1, -0.05) is 55.2 Å². The molecule has 0 heterocycles. The van der Waals surface area contributed by atoms with Crippen LogP contribution in [0.2, 0.25) is 19.6 Å². The second-order valence-electron chi connectivity index (χ2n) is 6.50. The Balaban J connectivity index is 2.08. The Morgan fingerprint density at radius 1 is 1.00 bits per heavy atom. The van der Waals surface area contributed by atoms with Crippen LogP contribution in [-0.2, 0) is 6.54 Å². The van der Waals surface area contributed by atoms with Crippen molar-refractivity contribution in [1.82, 2.24) is 0 Å². The molecule has 2 aromatic rings. The molecule has 2 aromatic carbocycles. The molecule has 2 nitrogen and oxygen atoms in total. The number of aryl methyl sites for hydroxylation is 1. The third-order valence-corrected chi connectivity index (χ3v) is 5.72. The molecule has 0 saturated carbocycles. The highest BCUT2D eigenvalue weighted by molar-refractivity contribution is 6.88. The number of nitrogens with one attached hydrogen (secondary N) is 1. The zero-order valence-corrected chi connectivity index (χ0v) is 14.7. The second kappa shape index (κ2) is 6.35. The monoisotopic (exact) mass is 299 g/mol. The minimum atomic E-state index is -1.21. The molecule has 0 aliphatic rings. The summed E-state index contributed by atoms with van der Waals surface area (Å²) in [5.41, 5.74) is 3.57. The number of ether oxygens (including phenoxy) is 1. The van der Waals surface area contributed by atoms with Gasteiger partial charge in [0.2, 0.25) is 0 Å². The van der Waals surface area contributed by atoms with Gasteiger partial charge in [-0.3, -0.25) is 0 Å². The molecule has 0 fully saturated rings. The zero-order chi connectivity index (χ0) is 15.5. The minimum absolute atomic E-state index is 0.811. The first-order valence-electron chi connectivity index (χ1n) is 7.38. The molecule has 0 spiro atoms. The van der Waals surface area contributed by atoms with Gasteiger partial charge in [-0.2, -0.15) is 0 Å². The summed E-state index contributed by atoms with van der Waals surface area (Å²) in [6.45, 7) is 10.0. The van der Waals surface area contributed by atoms with E-state index in [-0.39, 0.29) is 0 Å². The van der Waals surface area contributed by atoms with Crippen LogP contribution in [0.25, 0.3) is 0 Å². The lowest BCUT2D eigenvalue weighted by Crippen LogP contribution is -2.37. The smallest absolute Gasteiger partial charge is 0.141 e. The summed E-state index contributed by atoms with van der Waals surface area (Å²) >= 11 is 0. The SMILES string of the molecule is COc1ccc(C)cc1NCc1ccc([Si](C)(C)C)cc1. The lowest BCUT2D eigenvalue weighted by atomic mass is 10.2. The summed E-state index contributed by atoms with van der Waals surface area (Å²) in [4.78, 5) is 0. The van der Waals surface area contributed by atoms with Crippen LogP contribution < -0.4 is 15.2 Å². The van der Waals surface area contributed by atoms with Gasteiger partial charge in [-0.05, 0) is 30.2 Å². The third-order valence-electron chi connectivity index (χ3n) is 3.66. The molecule has 2 rings (SSSR count). The van der Waals surface area contributed by atoms with Crippen molar-refractivity contribution in [2.45, 2.75) is 33.1 Å². The van der Waals surface area contributed by atoms with Crippen LogP contribution >= 0.6 is 0 Å². The van der Waals surface area contributed by atoms with E-state index in [9.17, 15) is 0 Å². The molecule has 1 N–H and O–H groups in total. The summed E-state index contributed by atoms with van der Waals surface area (Å²) in [7, 11) is 0.501. The standard InChI is InChI=1S/C18H25NOSi/c1-14-6-11-18(20-2)17(12-14)19-13-15-7-9-16(10-8-15)21(3,4)5/h6-12,19H,13H2,1-5H3. The zero-order valence-electron chi connectivity index (χ0n) is 13.7. The summed E-state index contributed by atoms with van der Waals surface area (Å²) in [6, 6.07) is 15.2. The van der Waals surface area contributed by atoms with Crippen molar-refractivity contribution in [3.63, 3.8) is 0 Å². The highest BCUT2D eigenvalue weighted by atomic mass is 28.3. The highest BCUT2D eigenvalue weighted by Gasteiger charge is 2.15. The number of rotatable bonds is 5. The molecule has 0 amide bonds. The molecule has 0 aliphatic carbocycles. The van der Waals surface area contributed by atoms with E-state index in [1.165, 1.54) is 16.3 Å². The van der Waals surface area contributed by atoms with Gasteiger partial charge in [-0.25, -0.2) is 0 Å². The van der Waals surface area contributed by atoms with E-state index >= 15 is 0 Å². The first-order chi connectivity index (χ1) is 9.90. The van der Waals surface area contributed by atoms with Crippen molar-refractivity contribution in [1.29, 1.82) is 0 Å². The fraction of sp³-hybridized carbons (Fsp3) is 0.333. The Bertz CT molecular complexity index is 600. The Morgan fingerprint density at radius 3 is 2.24 bits per heavy atom.